The number of aliphatic hydroxyl groups is 1. The van der Waals surface area contributed by atoms with E-state index in [4.69, 9.17) is 13.9 Å². The first-order valence-electron chi connectivity index (χ1n) is 11.5. The van der Waals surface area contributed by atoms with Crippen LogP contribution >= 0.6 is 0 Å². The Morgan fingerprint density at radius 2 is 1.86 bits per heavy atom. The summed E-state index contributed by atoms with van der Waals surface area (Å²) in [6.45, 7) is 3.09. The highest BCUT2D eigenvalue weighted by Crippen LogP contribution is 2.57. The normalized spacial score (nSPS) is 24.2. The molecule has 0 aliphatic carbocycles. The number of nitrogens with zero attached hydrogens (tertiary/aromatic N) is 3. The minimum Gasteiger partial charge on any atom is -0.466 e. The van der Waals surface area contributed by atoms with E-state index in [-0.39, 0.29) is 30.1 Å². The molecular formula is C26H27N3O7. The molecule has 1 amide bonds. The van der Waals surface area contributed by atoms with Gasteiger partial charge in [-0.05, 0) is 38.0 Å². The highest BCUT2D eigenvalue weighted by Gasteiger charge is 2.66. The lowest BCUT2D eigenvalue weighted by Gasteiger charge is -2.39. The third-order valence-electron chi connectivity index (χ3n) is 7.40. The minimum absolute atomic E-state index is 0.0492. The molecule has 0 unspecified atom stereocenters. The van der Waals surface area contributed by atoms with Crippen molar-refractivity contribution in [3.63, 3.8) is 0 Å². The van der Waals surface area contributed by atoms with Crippen molar-refractivity contribution in [2.45, 2.75) is 37.8 Å². The number of fused-ring (bicyclic) bond motifs is 1. The molecule has 1 spiro atoms. The van der Waals surface area contributed by atoms with Gasteiger partial charge in [0.05, 0.1) is 49.5 Å². The predicted molar refractivity (Wildman–Crippen MR) is 129 cm³/mol. The second-order valence-corrected chi connectivity index (χ2v) is 9.23. The summed E-state index contributed by atoms with van der Waals surface area (Å²) in [5, 5.41) is 10.4. The van der Waals surface area contributed by atoms with Gasteiger partial charge in [-0.15, -0.1) is 0 Å². The number of para-hydroxylation sites is 1. The molecule has 5 rings (SSSR count). The van der Waals surface area contributed by atoms with Crippen LogP contribution in [-0.2, 0) is 24.5 Å². The Labute approximate surface area is 207 Å². The van der Waals surface area contributed by atoms with Gasteiger partial charge < -0.3 is 23.9 Å². The Morgan fingerprint density at radius 3 is 2.47 bits per heavy atom. The number of aliphatic imine (C=N–C) groups is 1. The number of aryl methyl sites for hydroxylation is 2. The van der Waals surface area contributed by atoms with Gasteiger partial charge in [0, 0.05) is 12.7 Å². The van der Waals surface area contributed by atoms with Gasteiger partial charge in [0.15, 0.2) is 5.70 Å². The van der Waals surface area contributed by atoms with E-state index in [1.807, 2.05) is 36.2 Å². The summed E-state index contributed by atoms with van der Waals surface area (Å²) in [6.07, 6.45) is 0.283. The first-order valence-corrected chi connectivity index (χ1v) is 11.5. The zero-order chi connectivity index (χ0) is 25.9. The van der Waals surface area contributed by atoms with Crippen LogP contribution in [0.3, 0.4) is 0 Å². The largest absolute Gasteiger partial charge is 0.466 e. The number of amides is 1. The molecule has 1 saturated heterocycles. The van der Waals surface area contributed by atoms with Crippen LogP contribution < -0.4 is 4.90 Å². The van der Waals surface area contributed by atoms with E-state index in [1.54, 1.807) is 19.9 Å². The lowest BCUT2D eigenvalue weighted by Crippen LogP contribution is -2.55. The summed E-state index contributed by atoms with van der Waals surface area (Å²) in [6, 6.07) is 7.85. The van der Waals surface area contributed by atoms with E-state index >= 15 is 0 Å². The number of anilines is 1. The molecule has 10 heteroatoms. The standard InChI is InChI=1S/C26H27N3O7/c1-13-10-16(14(2)36-13)22(31)29-15(12-30)11-26-17-8-6-7-9-18(17)28(3)21(26)19(23(32)34-4)20(24(33)35-5)27-25(26)29/h6-10,15,21,30H,11-12H2,1-5H3/t15-,21-,26-/m0/s1. The number of carbonyl (C=O) groups is 3. The highest BCUT2D eigenvalue weighted by atomic mass is 16.5. The van der Waals surface area contributed by atoms with Gasteiger partial charge in [0.1, 0.15) is 17.4 Å². The van der Waals surface area contributed by atoms with E-state index < -0.39 is 35.3 Å². The molecule has 2 aromatic rings. The number of ether oxygens (including phenoxy) is 2. The van der Waals surface area contributed by atoms with E-state index in [1.165, 1.54) is 19.1 Å². The van der Waals surface area contributed by atoms with Gasteiger partial charge in [-0.2, -0.15) is 0 Å². The van der Waals surface area contributed by atoms with E-state index in [9.17, 15) is 19.5 Å². The minimum atomic E-state index is -0.998. The Bertz CT molecular complexity index is 1360. The number of methoxy groups -OCH3 is 2. The summed E-state index contributed by atoms with van der Waals surface area (Å²) < 4.78 is 15.7. The predicted octanol–water partition coefficient (Wildman–Crippen LogP) is 1.87. The molecule has 3 aliphatic heterocycles. The fourth-order valence-electron chi connectivity index (χ4n) is 6.02. The zero-order valence-corrected chi connectivity index (χ0v) is 20.7. The van der Waals surface area contributed by atoms with Crippen molar-refractivity contribution in [3.05, 3.63) is 64.2 Å². The fraction of sp³-hybridized carbons (Fsp3) is 0.385. The number of likely N-dealkylation sites (tertiary alicyclic amines) is 1. The Balaban J connectivity index is 1.83. The Morgan fingerprint density at radius 1 is 1.17 bits per heavy atom. The first-order chi connectivity index (χ1) is 17.2. The molecular weight excluding hydrogens is 466 g/mol. The molecule has 0 bridgehead atoms. The molecule has 4 heterocycles. The lowest BCUT2D eigenvalue weighted by molar-refractivity contribution is -0.139. The van der Waals surface area contributed by atoms with Crippen LogP contribution in [-0.4, -0.2) is 73.6 Å². The Hall–Kier alpha value is -3.92. The van der Waals surface area contributed by atoms with Crippen molar-refractivity contribution in [2.24, 2.45) is 4.99 Å². The summed E-state index contributed by atoms with van der Waals surface area (Å²) in [5.41, 5.74) is 0.829. The van der Waals surface area contributed by atoms with Crippen molar-refractivity contribution in [3.8, 4) is 0 Å². The molecule has 0 saturated carbocycles. The molecule has 1 N–H and O–H groups in total. The second-order valence-electron chi connectivity index (χ2n) is 9.23. The molecule has 1 aromatic heterocycles. The average molecular weight is 494 g/mol. The molecule has 3 atom stereocenters. The highest BCUT2D eigenvalue weighted by molar-refractivity contribution is 6.18. The summed E-state index contributed by atoms with van der Waals surface area (Å²) in [4.78, 5) is 48.0. The number of aliphatic hydroxyl groups excluding tert-OH is 1. The van der Waals surface area contributed by atoms with Gasteiger partial charge >= 0.3 is 11.9 Å². The third kappa shape index (κ3) is 3.00. The number of esters is 2. The Kier molecular flexibility index (Phi) is 5.51. The maximum Gasteiger partial charge on any atom is 0.357 e. The van der Waals surface area contributed by atoms with Crippen molar-refractivity contribution in [1.82, 2.24) is 4.90 Å². The summed E-state index contributed by atoms with van der Waals surface area (Å²) in [5.74, 6) is -0.658. The van der Waals surface area contributed by atoms with Gasteiger partial charge in [-0.1, -0.05) is 18.2 Å². The number of furan rings is 1. The van der Waals surface area contributed by atoms with Crippen LogP contribution in [0.25, 0.3) is 0 Å². The number of hydrogen-bond donors (Lipinski definition) is 1. The SMILES string of the molecule is COC(=O)C1=C(C(=O)OC)[C@@H]2N(C)c3ccccc3[C@@]23C[C@@H](CO)N(C(=O)c2cc(C)oc2C)C3=N1. The van der Waals surface area contributed by atoms with Crippen LogP contribution in [0.4, 0.5) is 5.69 Å². The van der Waals surface area contributed by atoms with Gasteiger partial charge in [0.2, 0.25) is 0 Å². The molecule has 36 heavy (non-hydrogen) atoms. The van der Waals surface area contributed by atoms with Crippen LogP contribution in [0.5, 0.6) is 0 Å². The first kappa shape index (κ1) is 23.8. The summed E-state index contributed by atoms with van der Waals surface area (Å²) >= 11 is 0. The monoisotopic (exact) mass is 493 g/mol. The molecule has 0 radical (unpaired) electrons. The quantitative estimate of drug-likeness (QED) is 0.641. The maximum absolute atomic E-state index is 13.9. The number of likely N-dealkylation sites (N-methyl/N-ethyl adjacent to an activating group) is 1. The lowest BCUT2D eigenvalue weighted by atomic mass is 9.69. The maximum atomic E-state index is 13.9. The van der Waals surface area contributed by atoms with Gasteiger partial charge in [-0.25, -0.2) is 14.6 Å². The number of amidine groups is 1. The second kappa shape index (κ2) is 8.34. The molecule has 1 fully saturated rings. The molecule has 3 aliphatic rings. The average Bonchev–Trinajstić information content (AvgIpc) is 3.49. The number of rotatable bonds is 4. The van der Waals surface area contributed by atoms with Crippen LogP contribution in [0.2, 0.25) is 0 Å². The third-order valence-corrected chi connectivity index (χ3v) is 7.40. The van der Waals surface area contributed by atoms with Gasteiger partial charge in [-0.3, -0.25) is 9.69 Å². The smallest absolute Gasteiger partial charge is 0.357 e. The summed E-state index contributed by atoms with van der Waals surface area (Å²) in [7, 11) is 4.26. The van der Waals surface area contributed by atoms with Crippen LogP contribution in [0, 0.1) is 13.8 Å². The van der Waals surface area contributed by atoms with Gasteiger partial charge in [0.25, 0.3) is 5.91 Å². The zero-order valence-electron chi connectivity index (χ0n) is 20.7. The van der Waals surface area contributed by atoms with Crippen molar-refractivity contribution in [2.75, 3.05) is 32.8 Å². The van der Waals surface area contributed by atoms with Crippen molar-refractivity contribution >= 4 is 29.4 Å². The fourth-order valence-corrected chi connectivity index (χ4v) is 6.02. The molecule has 10 nitrogen and oxygen atoms in total. The van der Waals surface area contributed by atoms with E-state index in [0.29, 0.717) is 17.1 Å². The number of carbonyl (C=O) groups excluding carboxylic acids is 3. The topological polar surface area (TPSA) is 122 Å². The molecule has 1 aromatic carbocycles. The molecule has 188 valence electrons. The van der Waals surface area contributed by atoms with Crippen LogP contribution in [0.15, 0.2) is 51.0 Å². The van der Waals surface area contributed by atoms with Crippen LogP contribution in [0.1, 0.15) is 33.9 Å². The van der Waals surface area contributed by atoms with Crippen molar-refractivity contribution < 1.29 is 33.4 Å². The van der Waals surface area contributed by atoms with Crippen molar-refractivity contribution in [1.29, 1.82) is 0 Å². The number of benzene rings is 1. The number of hydrogen-bond acceptors (Lipinski definition) is 9. The van der Waals surface area contributed by atoms with E-state index in [2.05, 4.69) is 4.99 Å². The van der Waals surface area contributed by atoms with E-state index in [0.717, 1.165) is 11.3 Å².